The Labute approximate surface area is 137 Å². The molecule has 6 nitrogen and oxygen atoms in total. The minimum Gasteiger partial charge on any atom is -0.481 e. The molecule has 0 aliphatic rings. The highest BCUT2D eigenvalue weighted by Gasteiger charge is 2.17. The van der Waals surface area contributed by atoms with Crippen molar-refractivity contribution in [1.82, 2.24) is 0 Å². The topological polar surface area (TPSA) is 73.9 Å². The second kappa shape index (κ2) is 7.85. The Kier molecular flexibility index (Phi) is 6.42. The van der Waals surface area contributed by atoms with Crippen molar-refractivity contribution in [1.29, 1.82) is 0 Å². The van der Waals surface area contributed by atoms with Gasteiger partial charge < -0.3 is 14.2 Å². The number of carbonyl (C=O) groups is 2. The molecule has 0 spiro atoms. The standard InChI is InChI=1S/C17H25NO5/c1-7-21-14(19)10-22-15-11(2)8-13(9-12(15)3)18-16(20)23-17(4,5)6/h8-9H,7,10H2,1-6H3,(H,18,20). The van der Waals surface area contributed by atoms with Gasteiger partial charge in [0.2, 0.25) is 0 Å². The first-order valence-corrected chi connectivity index (χ1v) is 7.52. The van der Waals surface area contributed by atoms with Gasteiger partial charge in [-0.05, 0) is 64.8 Å². The zero-order valence-electron chi connectivity index (χ0n) is 14.6. The highest BCUT2D eigenvalue weighted by atomic mass is 16.6. The number of benzene rings is 1. The van der Waals surface area contributed by atoms with Gasteiger partial charge in [0.15, 0.2) is 6.61 Å². The summed E-state index contributed by atoms with van der Waals surface area (Å²) in [6.07, 6.45) is -0.517. The Morgan fingerprint density at radius 2 is 1.70 bits per heavy atom. The Bertz CT molecular complexity index is 552. The van der Waals surface area contributed by atoms with Crippen LogP contribution in [-0.2, 0) is 14.3 Å². The fourth-order valence-corrected chi connectivity index (χ4v) is 2.01. The Morgan fingerprint density at radius 3 is 2.17 bits per heavy atom. The minimum absolute atomic E-state index is 0.144. The molecule has 0 aliphatic heterocycles. The van der Waals surface area contributed by atoms with E-state index in [1.54, 1.807) is 39.8 Å². The summed E-state index contributed by atoms with van der Waals surface area (Å²) in [5.41, 5.74) is 1.66. The predicted molar refractivity (Wildman–Crippen MR) is 87.9 cm³/mol. The van der Waals surface area contributed by atoms with E-state index in [-0.39, 0.29) is 6.61 Å². The molecule has 0 fully saturated rings. The van der Waals surface area contributed by atoms with Crippen molar-refractivity contribution >= 4 is 17.7 Å². The van der Waals surface area contributed by atoms with E-state index in [2.05, 4.69) is 5.32 Å². The third kappa shape index (κ3) is 6.59. The van der Waals surface area contributed by atoms with E-state index in [1.807, 2.05) is 13.8 Å². The van der Waals surface area contributed by atoms with E-state index in [4.69, 9.17) is 14.2 Å². The smallest absolute Gasteiger partial charge is 0.412 e. The quantitative estimate of drug-likeness (QED) is 0.838. The number of rotatable bonds is 5. The lowest BCUT2D eigenvalue weighted by molar-refractivity contribution is -0.145. The average molecular weight is 323 g/mol. The number of anilines is 1. The van der Waals surface area contributed by atoms with Gasteiger partial charge in [-0.1, -0.05) is 0 Å². The van der Waals surface area contributed by atoms with Crippen LogP contribution in [0.2, 0.25) is 0 Å². The molecule has 0 heterocycles. The largest absolute Gasteiger partial charge is 0.481 e. The van der Waals surface area contributed by atoms with Crippen LogP contribution >= 0.6 is 0 Å². The van der Waals surface area contributed by atoms with Crippen LogP contribution in [0.25, 0.3) is 0 Å². The summed E-state index contributed by atoms with van der Waals surface area (Å²) in [5, 5.41) is 2.68. The Morgan fingerprint density at radius 1 is 1.13 bits per heavy atom. The van der Waals surface area contributed by atoms with E-state index in [9.17, 15) is 9.59 Å². The molecule has 1 aromatic rings. The van der Waals surface area contributed by atoms with Gasteiger partial charge in [0, 0.05) is 5.69 Å². The summed E-state index contributed by atoms with van der Waals surface area (Å²) in [6.45, 7) is 11.0. The number of amides is 1. The summed E-state index contributed by atoms with van der Waals surface area (Å²) < 4.78 is 15.5. The first-order valence-electron chi connectivity index (χ1n) is 7.52. The maximum Gasteiger partial charge on any atom is 0.412 e. The second-order valence-corrected chi connectivity index (χ2v) is 6.16. The van der Waals surface area contributed by atoms with Crippen molar-refractivity contribution in [2.45, 2.75) is 47.1 Å². The molecule has 1 N–H and O–H groups in total. The Hall–Kier alpha value is -2.24. The van der Waals surface area contributed by atoms with Crippen molar-refractivity contribution in [2.24, 2.45) is 0 Å². The lowest BCUT2D eigenvalue weighted by Crippen LogP contribution is -2.27. The fraction of sp³-hybridized carbons (Fsp3) is 0.529. The number of ether oxygens (including phenoxy) is 3. The van der Waals surface area contributed by atoms with Crippen molar-refractivity contribution in [2.75, 3.05) is 18.5 Å². The summed E-state index contributed by atoms with van der Waals surface area (Å²) in [5.74, 6) is 0.190. The number of aryl methyl sites for hydroxylation is 2. The molecule has 1 aromatic carbocycles. The molecule has 0 aliphatic carbocycles. The van der Waals surface area contributed by atoms with Crippen molar-refractivity contribution in [3.05, 3.63) is 23.3 Å². The van der Waals surface area contributed by atoms with Crippen LogP contribution in [0.4, 0.5) is 10.5 Å². The predicted octanol–water partition coefficient (Wildman–Crippen LogP) is 3.59. The molecule has 0 bridgehead atoms. The van der Waals surface area contributed by atoms with E-state index in [0.717, 1.165) is 11.1 Å². The number of hydrogen-bond acceptors (Lipinski definition) is 5. The van der Waals surface area contributed by atoms with Gasteiger partial charge in [-0.15, -0.1) is 0 Å². The van der Waals surface area contributed by atoms with Crippen LogP contribution in [0.15, 0.2) is 12.1 Å². The first kappa shape index (κ1) is 18.8. The van der Waals surface area contributed by atoms with Crippen molar-refractivity contribution < 1.29 is 23.8 Å². The molecule has 0 saturated carbocycles. The van der Waals surface area contributed by atoms with Crippen LogP contribution in [0, 0.1) is 13.8 Å². The number of esters is 1. The summed E-state index contributed by atoms with van der Waals surface area (Å²) in [7, 11) is 0. The van der Waals surface area contributed by atoms with Gasteiger partial charge >= 0.3 is 12.1 Å². The van der Waals surface area contributed by atoms with Gasteiger partial charge in [-0.3, -0.25) is 5.32 Å². The zero-order valence-corrected chi connectivity index (χ0v) is 14.6. The molecular formula is C17H25NO5. The molecule has 0 saturated heterocycles. The van der Waals surface area contributed by atoms with E-state index < -0.39 is 17.7 Å². The van der Waals surface area contributed by atoms with Crippen LogP contribution in [0.1, 0.15) is 38.8 Å². The molecule has 6 heteroatoms. The number of carbonyl (C=O) groups excluding carboxylic acids is 2. The molecular weight excluding hydrogens is 298 g/mol. The maximum atomic E-state index is 11.8. The summed E-state index contributed by atoms with van der Waals surface area (Å²) in [6, 6.07) is 3.52. The maximum absolute atomic E-state index is 11.8. The lowest BCUT2D eigenvalue weighted by Gasteiger charge is -2.20. The Balaban J connectivity index is 2.77. The summed E-state index contributed by atoms with van der Waals surface area (Å²) >= 11 is 0. The molecule has 0 aromatic heterocycles. The van der Waals surface area contributed by atoms with Gasteiger partial charge in [-0.25, -0.2) is 9.59 Å². The van der Waals surface area contributed by atoms with E-state index in [1.165, 1.54) is 0 Å². The molecule has 0 radical (unpaired) electrons. The fourth-order valence-electron chi connectivity index (χ4n) is 2.01. The van der Waals surface area contributed by atoms with E-state index >= 15 is 0 Å². The summed E-state index contributed by atoms with van der Waals surface area (Å²) in [4.78, 5) is 23.2. The number of nitrogens with one attached hydrogen (secondary N) is 1. The number of hydrogen-bond donors (Lipinski definition) is 1. The molecule has 0 unspecified atom stereocenters. The van der Waals surface area contributed by atoms with Crippen LogP contribution in [0.5, 0.6) is 5.75 Å². The van der Waals surface area contributed by atoms with Crippen LogP contribution < -0.4 is 10.1 Å². The van der Waals surface area contributed by atoms with Crippen molar-refractivity contribution in [3.63, 3.8) is 0 Å². The average Bonchev–Trinajstić information content (AvgIpc) is 2.35. The minimum atomic E-state index is -0.559. The SMILES string of the molecule is CCOC(=O)COc1c(C)cc(NC(=O)OC(C)(C)C)cc1C. The monoisotopic (exact) mass is 323 g/mol. The lowest BCUT2D eigenvalue weighted by atomic mass is 10.1. The van der Waals surface area contributed by atoms with Crippen molar-refractivity contribution in [3.8, 4) is 5.75 Å². The highest BCUT2D eigenvalue weighted by molar-refractivity contribution is 5.85. The molecule has 1 amide bonds. The molecule has 1 rings (SSSR count). The first-order chi connectivity index (χ1) is 10.6. The molecule has 23 heavy (non-hydrogen) atoms. The molecule has 0 atom stereocenters. The second-order valence-electron chi connectivity index (χ2n) is 6.16. The molecule has 128 valence electrons. The van der Waals surface area contributed by atoms with E-state index in [0.29, 0.717) is 18.0 Å². The third-order valence-corrected chi connectivity index (χ3v) is 2.75. The zero-order chi connectivity index (χ0) is 17.6. The third-order valence-electron chi connectivity index (χ3n) is 2.75. The van der Waals surface area contributed by atoms with Gasteiger partial charge in [-0.2, -0.15) is 0 Å². The van der Waals surface area contributed by atoms with Gasteiger partial charge in [0.05, 0.1) is 6.61 Å². The van der Waals surface area contributed by atoms with Crippen LogP contribution in [-0.4, -0.2) is 30.9 Å². The van der Waals surface area contributed by atoms with Crippen LogP contribution in [0.3, 0.4) is 0 Å². The highest BCUT2D eigenvalue weighted by Crippen LogP contribution is 2.27. The normalized spacial score (nSPS) is 10.9. The van der Waals surface area contributed by atoms with Gasteiger partial charge in [0.25, 0.3) is 0 Å². The van der Waals surface area contributed by atoms with Gasteiger partial charge in [0.1, 0.15) is 11.4 Å².